The fraction of sp³-hybridized carbons (Fsp3) is 0.333. The highest BCUT2D eigenvalue weighted by Gasteiger charge is 2.18. The van der Waals surface area contributed by atoms with Crippen molar-refractivity contribution in [1.82, 2.24) is 10.6 Å². The van der Waals surface area contributed by atoms with E-state index in [4.69, 9.17) is 11.6 Å². The molecular weight excluding hydrogens is 276 g/mol. The Morgan fingerprint density at radius 3 is 2.15 bits per heavy atom. The highest BCUT2D eigenvalue weighted by molar-refractivity contribution is 6.30. The van der Waals surface area contributed by atoms with Gasteiger partial charge < -0.3 is 10.6 Å². The normalized spacial score (nSPS) is 11.9. The van der Waals surface area contributed by atoms with Crippen molar-refractivity contribution in [3.63, 3.8) is 0 Å². The Balaban J connectivity index is 3.02. The first-order chi connectivity index (χ1) is 9.17. The number of hydrogen-bond acceptors (Lipinski definition) is 2. The molecule has 0 atom stereocenters. The molecule has 0 aromatic heterocycles. The minimum atomic E-state index is -0.380. The number of amides is 2. The molecule has 0 heterocycles. The molecule has 1 aromatic carbocycles. The van der Waals surface area contributed by atoms with Gasteiger partial charge in [0.25, 0.3) is 5.91 Å². The number of benzene rings is 1. The highest BCUT2D eigenvalue weighted by Crippen LogP contribution is 2.12. The van der Waals surface area contributed by atoms with Crippen molar-refractivity contribution < 1.29 is 9.59 Å². The van der Waals surface area contributed by atoms with E-state index in [0.29, 0.717) is 5.02 Å². The van der Waals surface area contributed by atoms with Gasteiger partial charge in [-0.25, -0.2) is 0 Å². The van der Waals surface area contributed by atoms with Crippen LogP contribution >= 0.6 is 11.6 Å². The molecule has 0 fully saturated rings. The SMILES string of the molecule is CC(=O)N/C(=C\c1ccc(Cl)cc1)C(=O)NC(C)(C)C. The molecule has 2 amide bonds. The first kappa shape index (κ1) is 16.2. The Labute approximate surface area is 124 Å². The molecule has 0 unspecified atom stereocenters. The Bertz CT molecular complexity index is 528. The van der Waals surface area contributed by atoms with Crippen LogP contribution in [0.25, 0.3) is 6.08 Å². The smallest absolute Gasteiger partial charge is 0.268 e. The molecule has 0 saturated carbocycles. The lowest BCUT2D eigenvalue weighted by molar-refractivity contribution is -0.123. The Hall–Kier alpha value is -1.81. The van der Waals surface area contributed by atoms with Crippen LogP contribution in [0.5, 0.6) is 0 Å². The highest BCUT2D eigenvalue weighted by atomic mass is 35.5. The van der Waals surface area contributed by atoms with Gasteiger partial charge in [-0.1, -0.05) is 23.7 Å². The zero-order valence-electron chi connectivity index (χ0n) is 12.1. The lowest BCUT2D eigenvalue weighted by Gasteiger charge is -2.21. The molecule has 0 aliphatic rings. The van der Waals surface area contributed by atoms with Crippen molar-refractivity contribution in [2.75, 3.05) is 0 Å². The third-order valence-corrected chi connectivity index (χ3v) is 2.48. The number of hydrogen-bond donors (Lipinski definition) is 2. The van der Waals surface area contributed by atoms with Crippen LogP contribution < -0.4 is 10.6 Å². The molecule has 0 saturated heterocycles. The predicted octanol–water partition coefficient (Wildman–Crippen LogP) is 2.73. The molecule has 4 nitrogen and oxygen atoms in total. The Morgan fingerprint density at radius 1 is 1.15 bits per heavy atom. The summed E-state index contributed by atoms with van der Waals surface area (Å²) in [5.74, 6) is -0.628. The number of carbonyl (C=O) groups is 2. The molecule has 1 rings (SSSR count). The first-order valence-electron chi connectivity index (χ1n) is 6.25. The molecule has 0 radical (unpaired) electrons. The standard InChI is InChI=1S/C15H19ClN2O2/c1-10(19)17-13(14(20)18-15(2,3)4)9-11-5-7-12(16)8-6-11/h5-9H,1-4H3,(H,17,19)(H,18,20)/b13-9-. The zero-order chi connectivity index (χ0) is 15.3. The van der Waals surface area contributed by atoms with E-state index in [1.807, 2.05) is 20.8 Å². The van der Waals surface area contributed by atoms with E-state index in [9.17, 15) is 9.59 Å². The molecule has 2 N–H and O–H groups in total. The third kappa shape index (κ3) is 5.89. The first-order valence-corrected chi connectivity index (χ1v) is 6.62. The monoisotopic (exact) mass is 294 g/mol. The van der Waals surface area contributed by atoms with Gasteiger partial charge in [0.2, 0.25) is 5.91 Å². The minimum Gasteiger partial charge on any atom is -0.346 e. The second kappa shape index (κ2) is 6.57. The van der Waals surface area contributed by atoms with Gasteiger partial charge in [-0.05, 0) is 44.5 Å². The summed E-state index contributed by atoms with van der Waals surface area (Å²) in [7, 11) is 0. The Kier molecular flexibility index (Phi) is 5.34. The maximum absolute atomic E-state index is 12.1. The summed E-state index contributed by atoms with van der Waals surface area (Å²) in [5, 5.41) is 5.96. The van der Waals surface area contributed by atoms with Crippen molar-refractivity contribution in [3.05, 3.63) is 40.5 Å². The van der Waals surface area contributed by atoms with Crippen LogP contribution in [0.15, 0.2) is 30.0 Å². The van der Waals surface area contributed by atoms with Gasteiger partial charge in [-0.2, -0.15) is 0 Å². The second-order valence-electron chi connectivity index (χ2n) is 5.49. The van der Waals surface area contributed by atoms with Crippen LogP contribution in [0, 0.1) is 0 Å². The summed E-state index contributed by atoms with van der Waals surface area (Å²) < 4.78 is 0. The van der Waals surface area contributed by atoms with E-state index >= 15 is 0 Å². The summed E-state index contributed by atoms with van der Waals surface area (Å²) in [6, 6.07) is 6.99. The van der Waals surface area contributed by atoms with E-state index in [-0.39, 0.29) is 23.1 Å². The molecule has 0 aliphatic heterocycles. The molecule has 1 aromatic rings. The van der Waals surface area contributed by atoms with Crippen LogP contribution in [-0.4, -0.2) is 17.4 Å². The summed E-state index contributed by atoms with van der Waals surface area (Å²) in [5.41, 5.74) is 0.603. The average Bonchev–Trinajstić information content (AvgIpc) is 2.28. The summed E-state index contributed by atoms with van der Waals surface area (Å²) >= 11 is 5.81. The minimum absolute atomic E-state index is 0.203. The predicted molar refractivity (Wildman–Crippen MR) is 81.1 cm³/mol. The molecule has 0 spiro atoms. The largest absolute Gasteiger partial charge is 0.346 e. The van der Waals surface area contributed by atoms with Gasteiger partial charge in [-0.3, -0.25) is 9.59 Å². The van der Waals surface area contributed by atoms with Crippen molar-refractivity contribution >= 4 is 29.5 Å². The molecule has 0 bridgehead atoms. The van der Waals surface area contributed by atoms with Gasteiger partial charge in [0, 0.05) is 17.5 Å². The van der Waals surface area contributed by atoms with Crippen LogP contribution in [0.1, 0.15) is 33.3 Å². The van der Waals surface area contributed by atoms with Gasteiger partial charge in [0.05, 0.1) is 0 Å². The average molecular weight is 295 g/mol. The van der Waals surface area contributed by atoms with Crippen molar-refractivity contribution in [2.45, 2.75) is 33.2 Å². The number of halogens is 1. The lowest BCUT2D eigenvalue weighted by atomic mass is 10.1. The maximum Gasteiger partial charge on any atom is 0.268 e. The number of nitrogens with one attached hydrogen (secondary N) is 2. The van der Waals surface area contributed by atoms with Crippen molar-refractivity contribution in [1.29, 1.82) is 0 Å². The van der Waals surface area contributed by atoms with Gasteiger partial charge in [-0.15, -0.1) is 0 Å². The summed E-state index contributed by atoms with van der Waals surface area (Å²) in [4.78, 5) is 23.4. The second-order valence-corrected chi connectivity index (χ2v) is 5.93. The quantitative estimate of drug-likeness (QED) is 0.842. The molecule has 108 valence electrons. The van der Waals surface area contributed by atoms with Crippen LogP contribution in [0.3, 0.4) is 0 Å². The number of carbonyl (C=O) groups excluding carboxylic acids is 2. The molecular formula is C15H19ClN2O2. The zero-order valence-corrected chi connectivity index (χ0v) is 12.8. The fourth-order valence-electron chi connectivity index (χ4n) is 1.48. The fourth-order valence-corrected chi connectivity index (χ4v) is 1.61. The Morgan fingerprint density at radius 2 is 1.70 bits per heavy atom. The van der Waals surface area contributed by atoms with Crippen LogP contribution in [-0.2, 0) is 9.59 Å². The lowest BCUT2D eigenvalue weighted by Crippen LogP contribution is -2.44. The van der Waals surface area contributed by atoms with Crippen molar-refractivity contribution in [3.8, 4) is 0 Å². The number of rotatable bonds is 3. The topological polar surface area (TPSA) is 58.2 Å². The van der Waals surface area contributed by atoms with Gasteiger partial charge in [0.15, 0.2) is 0 Å². The third-order valence-electron chi connectivity index (χ3n) is 2.22. The van der Waals surface area contributed by atoms with E-state index in [2.05, 4.69) is 10.6 Å². The summed E-state index contributed by atoms with van der Waals surface area (Å²) in [6.07, 6.45) is 1.61. The molecule has 5 heteroatoms. The van der Waals surface area contributed by atoms with Crippen molar-refractivity contribution in [2.24, 2.45) is 0 Å². The molecule has 0 aliphatic carbocycles. The van der Waals surface area contributed by atoms with Gasteiger partial charge >= 0.3 is 0 Å². The van der Waals surface area contributed by atoms with Gasteiger partial charge in [0.1, 0.15) is 5.70 Å². The molecule has 20 heavy (non-hydrogen) atoms. The van der Waals surface area contributed by atoms with E-state index in [1.54, 1.807) is 30.3 Å². The van der Waals surface area contributed by atoms with E-state index in [0.717, 1.165) is 5.56 Å². The van der Waals surface area contributed by atoms with Crippen LogP contribution in [0.4, 0.5) is 0 Å². The summed E-state index contributed by atoms with van der Waals surface area (Å²) in [6.45, 7) is 6.98. The van der Waals surface area contributed by atoms with Crippen LogP contribution in [0.2, 0.25) is 5.02 Å². The maximum atomic E-state index is 12.1. The van der Waals surface area contributed by atoms with E-state index < -0.39 is 0 Å². The van der Waals surface area contributed by atoms with E-state index in [1.165, 1.54) is 6.92 Å².